The standard InChI is InChI=1S/C16H23IN2O/c1-12-11-14(17)7-8-15(12)19-16(20)18-10-9-13-5-3-2-4-6-13/h7-8,11,13H,2-6,9-10H2,1H3,(H2,18,19,20). The van der Waals surface area contributed by atoms with Crippen molar-refractivity contribution in [3.63, 3.8) is 0 Å². The summed E-state index contributed by atoms with van der Waals surface area (Å²) in [4.78, 5) is 11.9. The summed E-state index contributed by atoms with van der Waals surface area (Å²) in [6.07, 6.45) is 7.88. The van der Waals surface area contributed by atoms with Crippen LogP contribution in [0.2, 0.25) is 0 Å². The zero-order chi connectivity index (χ0) is 14.4. The van der Waals surface area contributed by atoms with Crippen LogP contribution in [0.3, 0.4) is 0 Å². The lowest BCUT2D eigenvalue weighted by molar-refractivity contribution is 0.250. The number of carbonyl (C=O) groups is 1. The molecular weight excluding hydrogens is 363 g/mol. The first-order chi connectivity index (χ1) is 9.65. The molecule has 20 heavy (non-hydrogen) atoms. The van der Waals surface area contributed by atoms with Gasteiger partial charge in [-0.2, -0.15) is 0 Å². The zero-order valence-corrected chi connectivity index (χ0v) is 14.2. The molecule has 1 aromatic carbocycles. The van der Waals surface area contributed by atoms with Crippen LogP contribution in [0.15, 0.2) is 18.2 Å². The van der Waals surface area contributed by atoms with Crippen molar-refractivity contribution in [1.29, 1.82) is 0 Å². The minimum Gasteiger partial charge on any atom is -0.338 e. The first-order valence-corrected chi connectivity index (χ1v) is 8.54. The summed E-state index contributed by atoms with van der Waals surface area (Å²) in [6.45, 7) is 2.79. The molecule has 0 atom stereocenters. The first kappa shape index (κ1) is 15.6. The van der Waals surface area contributed by atoms with Crippen molar-refractivity contribution in [2.45, 2.75) is 45.4 Å². The third-order valence-electron chi connectivity index (χ3n) is 4.00. The summed E-state index contributed by atoms with van der Waals surface area (Å²) in [5.41, 5.74) is 1.99. The minimum absolute atomic E-state index is 0.0925. The molecule has 110 valence electrons. The highest BCUT2D eigenvalue weighted by atomic mass is 127. The van der Waals surface area contributed by atoms with Crippen molar-refractivity contribution < 1.29 is 4.79 Å². The lowest BCUT2D eigenvalue weighted by Crippen LogP contribution is -2.31. The van der Waals surface area contributed by atoms with E-state index >= 15 is 0 Å². The van der Waals surface area contributed by atoms with Gasteiger partial charge in [-0.05, 0) is 65.6 Å². The van der Waals surface area contributed by atoms with Gasteiger partial charge in [-0.1, -0.05) is 32.1 Å². The van der Waals surface area contributed by atoms with Crippen LogP contribution in [0.5, 0.6) is 0 Å². The molecule has 2 amide bonds. The van der Waals surface area contributed by atoms with Crippen molar-refractivity contribution >= 4 is 34.3 Å². The number of benzene rings is 1. The lowest BCUT2D eigenvalue weighted by Gasteiger charge is -2.21. The largest absolute Gasteiger partial charge is 0.338 e. The summed E-state index contributed by atoms with van der Waals surface area (Å²) in [6, 6.07) is 5.94. The van der Waals surface area contributed by atoms with Gasteiger partial charge in [0.1, 0.15) is 0 Å². The fourth-order valence-electron chi connectivity index (χ4n) is 2.80. The van der Waals surface area contributed by atoms with E-state index in [1.807, 2.05) is 19.1 Å². The average Bonchev–Trinajstić information content (AvgIpc) is 2.43. The van der Waals surface area contributed by atoms with Gasteiger partial charge in [-0.15, -0.1) is 0 Å². The summed E-state index contributed by atoms with van der Waals surface area (Å²) >= 11 is 2.27. The summed E-state index contributed by atoms with van der Waals surface area (Å²) in [7, 11) is 0. The van der Waals surface area contributed by atoms with Crippen LogP contribution in [-0.2, 0) is 0 Å². The van der Waals surface area contributed by atoms with E-state index < -0.39 is 0 Å². The van der Waals surface area contributed by atoms with E-state index in [9.17, 15) is 4.79 Å². The maximum atomic E-state index is 11.9. The van der Waals surface area contributed by atoms with Gasteiger partial charge in [0.05, 0.1) is 0 Å². The van der Waals surface area contributed by atoms with Gasteiger partial charge in [0.2, 0.25) is 0 Å². The smallest absolute Gasteiger partial charge is 0.319 e. The molecule has 1 saturated carbocycles. The summed E-state index contributed by atoms with van der Waals surface area (Å²) in [5, 5.41) is 5.89. The normalized spacial score (nSPS) is 15.9. The molecule has 1 aromatic rings. The Bertz CT molecular complexity index is 456. The molecule has 0 unspecified atom stereocenters. The maximum Gasteiger partial charge on any atom is 0.319 e. The SMILES string of the molecule is Cc1cc(I)ccc1NC(=O)NCCC1CCCCC1. The van der Waals surface area contributed by atoms with E-state index in [1.165, 1.54) is 35.7 Å². The van der Waals surface area contributed by atoms with Crippen LogP contribution in [-0.4, -0.2) is 12.6 Å². The van der Waals surface area contributed by atoms with Gasteiger partial charge in [-0.3, -0.25) is 0 Å². The molecule has 4 heteroatoms. The highest BCUT2D eigenvalue weighted by Crippen LogP contribution is 2.25. The monoisotopic (exact) mass is 386 g/mol. The second-order valence-corrected chi connectivity index (χ2v) is 6.88. The van der Waals surface area contributed by atoms with Gasteiger partial charge < -0.3 is 10.6 Å². The van der Waals surface area contributed by atoms with Crippen LogP contribution in [0.25, 0.3) is 0 Å². The van der Waals surface area contributed by atoms with Gasteiger partial charge in [0, 0.05) is 15.8 Å². The van der Waals surface area contributed by atoms with Crippen LogP contribution in [0.1, 0.15) is 44.1 Å². The van der Waals surface area contributed by atoms with Gasteiger partial charge in [0.15, 0.2) is 0 Å². The number of carbonyl (C=O) groups excluding carboxylic acids is 1. The van der Waals surface area contributed by atoms with E-state index in [1.54, 1.807) is 0 Å². The Labute approximate surface area is 135 Å². The van der Waals surface area contributed by atoms with Gasteiger partial charge in [0.25, 0.3) is 0 Å². The zero-order valence-electron chi connectivity index (χ0n) is 12.0. The molecule has 1 aliphatic carbocycles. The van der Waals surface area contributed by atoms with Crippen LogP contribution in [0.4, 0.5) is 10.5 Å². The molecule has 3 nitrogen and oxygen atoms in total. The third kappa shape index (κ3) is 4.96. The average molecular weight is 386 g/mol. The molecule has 0 bridgehead atoms. The molecule has 1 fully saturated rings. The molecule has 0 aliphatic heterocycles. The van der Waals surface area contributed by atoms with E-state index in [-0.39, 0.29) is 6.03 Å². The topological polar surface area (TPSA) is 41.1 Å². The molecule has 1 aliphatic rings. The number of anilines is 1. The molecular formula is C16H23IN2O. The highest BCUT2D eigenvalue weighted by Gasteiger charge is 2.13. The van der Waals surface area contributed by atoms with Crippen molar-refractivity contribution in [1.82, 2.24) is 5.32 Å². The quantitative estimate of drug-likeness (QED) is 0.725. The lowest BCUT2D eigenvalue weighted by atomic mass is 9.87. The van der Waals surface area contributed by atoms with Crippen LogP contribution < -0.4 is 10.6 Å². The maximum absolute atomic E-state index is 11.9. The predicted octanol–water partition coefficient (Wildman–Crippen LogP) is 4.69. The number of amides is 2. The first-order valence-electron chi connectivity index (χ1n) is 7.46. The van der Waals surface area contributed by atoms with E-state index in [4.69, 9.17) is 0 Å². The number of aryl methyl sites for hydroxylation is 1. The van der Waals surface area contributed by atoms with Crippen molar-refractivity contribution in [2.24, 2.45) is 5.92 Å². The van der Waals surface area contributed by atoms with Crippen molar-refractivity contribution in [3.8, 4) is 0 Å². The van der Waals surface area contributed by atoms with Gasteiger partial charge >= 0.3 is 6.03 Å². The Morgan fingerprint density at radius 1 is 1.30 bits per heavy atom. The fourth-order valence-corrected chi connectivity index (χ4v) is 3.45. The highest BCUT2D eigenvalue weighted by molar-refractivity contribution is 14.1. The Balaban J connectivity index is 1.72. The number of hydrogen-bond donors (Lipinski definition) is 2. The second kappa shape index (κ2) is 7.86. The minimum atomic E-state index is -0.0925. The Morgan fingerprint density at radius 2 is 2.05 bits per heavy atom. The summed E-state index contributed by atoms with van der Waals surface area (Å²) in [5.74, 6) is 0.809. The number of urea groups is 1. The number of halogens is 1. The molecule has 0 aromatic heterocycles. The molecule has 0 heterocycles. The van der Waals surface area contributed by atoms with E-state index in [0.29, 0.717) is 0 Å². The molecule has 2 N–H and O–H groups in total. The van der Waals surface area contributed by atoms with Crippen molar-refractivity contribution in [2.75, 3.05) is 11.9 Å². The summed E-state index contributed by atoms with van der Waals surface area (Å²) < 4.78 is 1.18. The predicted molar refractivity (Wildman–Crippen MR) is 92.1 cm³/mol. The molecule has 0 radical (unpaired) electrons. The molecule has 2 rings (SSSR count). The Kier molecular flexibility index (Phi) is 6.13. The van der Waals surface area contributed by atoms with Crippen molar-refractivity contribution in [3.05, 3.63) is 27.3 Å². The number of nitrogens with one attached hydrogen (secondary N) is 2. The van der Waals surface area contributed by atoms with E-state index in [0.717, 1.165) is 30.1 Å². The van der Waals surface area contributed by atoms with Crippen LogP contribution in [0, 0.1) is 16.4 Å². The Morgan fingerprint density at radius 3 is 2.75 bits per heavy atom. The van der Waals surface area contributed by atoms with Crippen LogP contribution >= 0.6 is 22.6 Å². The second-order valence-electron chi connectivity index (χ2n) is 5.63. The Hall–Kier alpha value is -0.780. The number of rotatable bonds is 4. The third-order valence-corrected chi connectivity index (χ3v) is 4.67. The fraction of sp³-hybridized carbons (Fsp3) is 0.562. The van der Waals surface area contributed by atoms with Gasteiger partial charge in [-0.25, -0.2) is 4.79 Å². The molecule has 0 spiro atoms. The number of hydrogen-bond acceptors (Lipinski definition) is 1. The van der Waals surface area contributed by atoms with E-state index in [2.05, 4.69) is 39.3 Å². The molecule has 0 saturated heterocycles.